The molecule has 1 N–H and O–H groups in total. The van der Waals surface area contributed by atoms with Crippen molar-refractivity contribution in [3.8, 4) is 5.75 Å². The Bertz CT molecular complexity index is 610. The van der Waals surface area contributed by atoms with Crippen LogP contribution in [0.1, 0.15) is 30.9 Å². The first kappa shape index (κ1) is 16.4. The number of hydrogen-bond acceptors (Lipinski definition) is 3. The molecule has 0 fully saturated rings. The topological polar surface area (TPSA) is 34.4 Å². The molecule has 0 saturated carbocycles. The summed E-state index contributed by atoms with van der Waals surface area (Å²) in [4.78, 5) is 0. The van der Waals surface area contributed by atoms with Gasteiger partial charge in [-0.2, -0.15) is 0 Å². The van der Waals surface area contributed by atoms with E-state index in [0.717, 1.165) is 28.1 Å². The highest BCUT2D eigenvalue weighted by molar-refractivity contribution is 9.10. The summed E-state index contributed by atoms with van der Waals surface area (Å²) >= 11 is 9.49. The van der Waals surface area contributed by atoms with Gasteiger partial charge in [-0.25, -0.2) is 0 Å². The smallest absolute Gasteiger partial charge is 0.146 e. The second-order valence-corrected chi connectivity index (χ2v) is 6.52. The fourth-order valence-electron chi connectivity index (χ4n) is 1.89. The average molecular weight is 373 g/mol. The third kappa shape index (κ3) is 4.77. The van der Waals surface area contributed by atoms with Crippen LogP contribution in [-0.4, -0.2) is 6.04 Å². The lowest BCUT2D eigenvalue weighted by molar-refractivity contribution is 0.267. The molecule has 114 valence electrons. The number of rotatable bonds is 6. The van der Waals surface area contributed by atoms with E-state index in [2.05, 4.69) is 35.1 Å². The van der Waals surface area contributed by atoms with Crippen LogP contribution in [0.15, 0.2) is 33.2 Å². The van der Waals surface area contributed by atoms with Gasteiger partial charge < -0.3 is 14.5 Å². The van der Waals surface area contributed by atoms with E-state index in [4.69, 9.17) is 20.8 Å². The molecule has 0 bridgehead atoms. The SMILES string of the molecule is Cc1oc(COc2ccc(Br)cc2Cl)cc1CNC(C)C. The van der Waals surface area contributed by atoms with Crippen molar-refractivity contribution in [3.63, 3.8) is 0 Å². The van der Waals surface area contributed by atoms with Gasteiger partial charge in [0.1, 0.15) is 23.9 Å². The molecule has 0 atom stereocenters. The molecule has 0 aliphatic rings. The number of nitrogens with one attached hydrogen (secondary N) is 1. The summed E-state index contributed by atoms with van der Waals surface area (Å²) in [6.45, 7) is 7.37. The van der Waals surface area contributed by atoms with Gasteiger partial charge in [0.2, 0.25) is 0 Å². The Morgan fingerprint density at radius 3 is 2.76 bits per heavy atom. The van der Waals surface area contributed by atoms with Crippen LogP contribution in [-0.2, 0) is 13.2 Å². The number of ether oxygens (including phenoxy) is 1. The third-order valence-corrected chi connectivity index (χ3v) is 3.82. The summed E-state index contributed by atoms with van der Waals surface area (Å²) < 4.78 is 12.3. The predicted molar refractivity (Wildman–Crippen MR) is 88.9 cm³/mol. The average Bonchev–Trinajstić information content (AvgIpc) is 2.76. The van der Waals surface area contributed by atoms with Crippen molar-refractivity contribution in [3.05, 3.63) is 50.8 Å². The van der Waals surface area contributed by atoms with Crippen molar-refractivity contribution in [1.29, 1.82) is 0 Å². The van der Waals surface area contributed by atoms with Gasteiger partial charge >= 0.3 is 0 Å². The normalized spacial score (nSPS) is 11.1. The molecule has 0 unspecified atom stereocenters. The lowest BCUT2D eigenvalue weighted by atomic mass is 10.2. The number of benzene rings is 1. The maximum absolute atomic E-state index is 6.12. The van der Waals surface area contributed by atoms with Crippen molar-refractivity contribution in [1.82, 2.24) is 5.32 Å². The Morgan fingerprint density at radius 2 is 2.10 bits per heavy atom. The zero-order valence-corrected chi connectivity index (χ0v) is 14.7. The highest BCUT2D eigenvalue weighted by Crippen LogP contribution is 2.28. The predicted octanol–water partition coefficient (Wildman–Crippen LogP) is 5.08. The van der Waals surface area contributed by atoms with Gasteiger partial charge in [-0.15, -0.1) is 0 Å². The Kier molecular flexibility index (Phi) is 5.73. The minimum absolute atomic E-state index is 0.365. The van der Waals surface area contributed by atoms with Gasteiger partial charge in [0.15, 0.2) is 0 Å². The fraction of sp³-hybridized carbons (Fsp3) is 0.375. The Labute approximate surface area is 138 Å². The zero-order valence-electron chi connectivity index (χ0n) is 12.4. The van der Waals surface area contributed by atoms with Gasteiger partial charge in [-0.3, -0.25) is 0 Å². The van der Waals surface area contributed by atoms with E-state index in [9.17, 15) is 0 Å². The fourth-order valence-corrected chi connectivity index (χ4v) is 2.62. The van der Waals surface area contributed by atoms with Crippen LogP contribution in [0.2, 0.25) is 5.02 Å². The molecule has 21 heavy (non-hydrogen) atoms. The van der Waals surface area contributed by atoms with E-state index in [-0.39, 0.29) is 0 Å². The third-order valence-electron chi connectivity index (χ3n) is 3.04. The molecule has 0 amide bonds. The summed E-state index contributed by atoms with van der Waals surface area (Å²) in [5.74, 6) is 2.37. The molecular weight excluding hydrogens is 354 g/mol. The largest absolute Gasteiger partial charge is 0.484 e. The number of furan rings is 1. The summed E-state index contributed by atoms with van der Waals surface area (Å²) in [6, 6.07) is 8.01. The van der Waals surface area contributed by atoms with E-state index < -0.39 is 0 Å². The maximum atomic E-state index is 6.12. The molecule has 0 radical (unpaired) electrons. The standard InChI is InChI=1S/C16H19BrClNO2/c1-10(2)19-8-12-6-14(21-11(12)3)9-20-16-5-4-13(17)7-15(16)18/h4-7,10,19H,8-9H2,1-3H3. The van der Waals surface area contributed by atoms with Crippen LogP contribution in [0, 0.1) is 6.92 Å². The first-order valence-corrected chi connectivity index (χ1v) is 8.02. The van der Waals surface area contributed by atoms with Crippen LogP contribution >= 0.6 is 27.5 Å². The number of halogens is 2. The Hall–Kier alpha value is -0.970. The summed E-state index contributed by atoms with van der Waals surface area (Å²) in [6.07, 6.45) is 0. The van der Waals surface area contributed by atoms with Gasteiger partial charge in [0, 0.05) is 22.6 Å². The van der Waals surface area contributed by atoms with Crippen LogP contribution in [0.3, 0.4) is 0 Å². The molecular formula is C16H19BrClNO2. The number of hydrogen-bond donors (Lipinski definition) is 1. The molecule has 0 aliphatic carbocycles. The molecule has 5 heteroatoms. The highest BCUT2D eigenvalue weighted by Gasteiger charge is 2.09. The monoisotopic (exact) mass is 371 g/mol. The van der Waals surface area contributed by atoms with Crippen molar-refractivity contribution in [2.75, 3.05) is 0 Å². The molecule has 2 rings (SSSR count). The Morgan fingerprint density at radius 1 is 1.33 bits per heavy atom. The minimum Gasteiger partial charge on any atom is -0.484 e. The van der Waals surface area contributed by atoms with Crippen molar-refractivity contribution < 1.29 is 9.15 Å². The van der Waals surface area contributed by atoms with Crippen molar-refractivity contribution >= 4 is 27.5 Å². The lowest BCUT2D eigenvalue weighted by Gasteiger charge is -2.06. The Balaban J connectivity index is 1.98. The van der Waals surface area contributed by atoms with Gasteiger partial charge in [0.05, 0.1) is 5.02 Å². The zero-order chi connectivity index (χ0) is 15.4. The second kappa shape index (κ2) is 7.34. The van der Waals surface area contributed by atoms with Gasteiger partial charge in [0.25, 0.3) is 0 Å². The van der Waals surface area contributed by atoms with E-state index in [1.165, 1.54) is 0 Å². The van der Waals surface area contributed by atoms with Crippen LogP contribution in [0.25, 0.3) is 0 Å². The molecule has 2 aromatic rings. The summed E-state index contributed by atoms with van der Waals surface area (Å²) in [5, 5.41) is 3.96. The molecule has 1 heterocycles. The number of aryl methyl sites for hydroxylation is 1. The first-order chi connectivity index (χ1) is 9.95. The van der Waals surface area contributed by atoms with E-state index in [0.29, 0.717) is 23.4 Å². The molecule has 0 aliphatic heterocycles. The van der Waals surface area contributed by atoms with Crippen molar-refractivity contribution in [2.45, 2.75) is 40.0 Å². The molecule has 0 saturated heterocycles. The van der Waals surface area contributed by atoms with Crippen LogP contribution in [0.5, 0.6) is 5.75 Å². The quantitative estimate of drug-likeness (QED) is 0.767. The lowest BCUT2D eigenvalue weighted by Crippen LogP contribution is -2.21. The molecule has 0 spiro atoms. The van der Waals surface area contributed by atoms with E-state index in [1.807, 2.05) is 31.2 Å². The molecule has 1 aromatic carbocycles. The summed E-state index contributed by atoms with van der Waals surface area (Å²) in [7, 11) is 0. The van der Waals surface area contributed by atoms with Crippen LogP contribution < -0.4 is 10.1 Å². The molecule has 3 nitrogen and oxygen atoms in total. The summed E-state index contributed by atoms with van der Waals surface area (Å²) in [5.41, 5.74) is 1.16. The van der Waals surface area contributed by atoms with Crippen molar-refractivity contribution in [2.24, 2.45) is 0 Å². The molecule has 1 aromatic heterocycles. The highest BCUT2D eigenvalue weighted by atomic mass is 79.9. The van der Waals surface area contributed by atoms with Gasteiger partial charge in [-0.1, -0.05) is 41.4 Å². The van der Waals surface area contributed by atoms with E-state index >= 15 is 0 Å². The second-order valence-electron chi connectivity index (χ2n) is 5.19. The van der Waals surface area contributed by atoms with E-state index in [1.54, 1.807) is 0 Å². The minimum atomic E-state index is 0.365. The van der Waals surface area contributed by atoms with Crippen LogP contribution in [0.4, 0.5) is 0 Å². The van der Waals surface area contributed by atoms with Gasteiger partial charge in [-0.05, 0) is 31.2 Å². The first-order valence-electron chi connectivity index (χ1n) is 6.85. The maximum Gasteiger partial charge on any atom is 0.146 e.